The first-order valence-corrected chi connectivity index (χ1v) is 6.70. The third-order valence-electron chi connectivity index (χ3n) is 2.56. The first kappa shape index (κ1) is 12.6. The lowest BCUT2D eigenvalue weighted by Crippen LogP contribution is -2.51. The molecule has 0 spiro atoms. The molecule has 5 nitrogen and oxygen atoms in total. The molecule has 0 saturated carbocycles. The van der Waals surface area contributed by atoms with E-state index in [9.17, 15) is 13.2 Å². The number of carbonyl (C=O) groups is 1. The van der Waals surface area contributed by atoms with Gasteiger partial charge in [0.25, 0.3) is 10.2 Å². The second kappa shape index (κ2) is 5.05. The molecular formula is C9H18N2O3S. The summed E-state index contributed by atoms with van der Waals surface area (Å²) >= 11 is 0. The maximum Gasteiger partial charge on any atom is 0.280 e. The molecule has 1 unspecified atom stereocenters. The Bertz CT molecular complexity index is 326. The number of carbonyl (C=O) groups excluding carboxylic acids is 1. The molecule has 1 fully saturated rings. The molecule has 0 amide bonds. The SMILES string of the molecule is CCNS(=O)(=O)N1CCCCC1C(C)=O. The minimum atomic E-state index is -3.47. The fraction of sp³-hybridized carbons (Fsp3) is 0.889. The maximum atomic E-state index is 11.8. The zero-order valence-corrected chi connectivity index (χ0v) is 10.0. The fourth-order valence-corrected chi connectivity index (χ4v) is 3.35. The minimum Gasteiger partial charge on any atom is -0.298 e. The van der Waals surface area contributed by atoms with Crippen LogP contribution in [-0.2, 0) is 15.0 Å². The van der Waals surface area contributed by atoms with Crippen LogP contribution in [0.25, 0.3) is 0 Å². The maximum absolute atomic E-state index is 11.8. The van der Waals surface area contributed by atoms with Crippen LogP contribution in [0.15, 0.2) is 0 Å². The Balaban J connectivity index is 2.85. The zero-order valence-electron chi connectivity index (χ0n) is 9.19. The molecule has 88 valence electrons. The van der Waals surface area contributed by atoms with E-state index in [2.05, 4.69) is 4.72 Å². The predicted molar refractivity (Wildman–Crippen MR) is 57.6 cm³/mol. The third kappa shape index (κ3) is 2.99. The van der Waals surface area contributed by atoms with E-state index in [1.807, 2.05) is 0 Å². The van der Waals surface area contributed by atoms with Crippen LogP contribution in [0.2, 0.25) is 0 Å². The van der Waals surface area contributed by atoms with E-state index in [1.54, 1.807) is 6.92 Å². The van der Waals surface area contributed by atoms with Gasteiger partial charge in [0, 0.05) is 13.1 Å². The molecule has 1 aliphatic rings. The lowest BCUT2D eigenvalue weighted by atomic mass is 10.0. The van der Waals surface area contributed by atoms with Crippen molar-refractivity contribution in [1.29, 1.82) is 0 Å². The Morgan fingerprint density at radius 2 is 2.13 bits per heavy atom. The van der Waals surface area contributed by atoms with Gasteiger partial charge in [-0.1, -0.05) is 13.3 Å². The summed E-state index contributed by atoms with van der Waals surface area (Å²) in [5.41, 5.74) is 0. The van der Waals surface area contributed by atoms with E-state index in [0.29, 0.717) is 19.5 Å². The molecular weight excluding hydrogens is 216 g/mol. The number of hydrogen-bond acceptors (Lipinski definition) is 3. The highest BCUT2D eigenvalue weighted by molar-refractivity contribution is 7.87. The van der Waals surface area contributed by atoms with Gasteiger partial charge >= 0.3 is 0 Å². The zero-order chi connectivity index (χ0) is 11.5. The van der Waals surface area contributed by atoms with E-state index in [1.165, 1.54) is 11.2 Å². The van der Waals surface area contributed by atoms with Crippen LogP contribution in [-0.4, -0.2) is 37.6 Å². The molecule has 1 aliphatic heterocycles. The van der Waals surface area contributed by atoms with Crippen molar-refractivity contribution in [2.75, 3.05) is 13.1 Å². The lowest BCUT2D eigenvalue weighted by Gasteiger charge is -2.32. The predicted octanol–water partition coefficient (Wildman–Crippen LogP) is 0.284. The second-order valence-corrected chi connectivity index (χ2v) is 5.44. The molecule has 1 rings (SSSR count). The molecule has 0 bridgehead atoms. The number of ketones is 1. The Kier molecular flexibility index (Phi) is 4.24. The van der Waals surface area contributed by atoms with Crippen LogP contribution in [0.4, 0.5) is 0 Å². The number of Topliss-reactive ketones (excluding diaryl/α,β-unsaturated/α-hetero) is 1. The Morgan fingerprint density at radius 3 is 2.67 bits per heavy atom. The van der Waals surface area contributed by atoms with Crippen LogP contribution >= 0.6 is 0 Å². The van der Waals surface area contributed by atoms with Gasteiger partial charge < -0.3 is 0 Å². The number of piperidine rings is 1. The van der Waals surface area contributed by atoms with Crippen molar-refractivity contribution in [3.63, 3.8) is 0 Å². The van der Waals surface area contributed by atoms with E-state index < -0.39 is 16.3 Å². The number of hydrogen-bond donors (Lipinski definition) is 1. The topological polar surface area (TPSA) is 66.5 Å². The highest BCUT2D eigenvalue weighted by atomic mass is 32.2. The fourth-order valence-electron chi connectivity index (χ4n) is 1.86. The molecule has 1 heterocycles. The number of nitrogens with zero attached hydrogens (tertiary/aromatic N) is 1. The summed E-state index contributed by atoms with van der Waals surface area (Å²) in [6.07, 6.45) is 2.39. The summed E-state index contributed by atoms with van der Waals surface area (Å²) in [6, 6.07) is -0.470. The van der Waals surface area contributed by atoms with Crippen molar-refractivity contribution in [2.45, 2.75) is 39.2 Å². The van der Waals surface area contributed by atoms with Crippen molar-refractivity contribution in [2.24, 2.45) is 0 Å². The lowest BCUT2D eigenvalue weighted by molar-refractivity contribution is -0.121. The van der Waals surface area contributed by atoms with E-state index in [-0.39, 0.29) is 5.78 Å². The van der Waals surface area contributed by atoms with Gasteiger partial charge in [-0.05, 0) is 19.8 Å². The molecule has 1 atom stereocenters. The highest BCUT2D eigenvalue weighted by Gasteiger charge is 2.34. The molecule has 6 heteroatoms. The molecule has 0 aromatic heterocycles. The smallest absolute Gasteiger partial charge is 0.280 e. The quantitative estimate of drug-likeness (QED) is 0.760. The van der Waals surface area contributed by atoms with Crippen LogP contribution in [0.5, 0.6) is 0 Å². The summed E-state index contributed by atoms with van der Waals surface area (Å²) in [5.74, 6) is -0.0730. The summed E-state index contributed by atoms with van der Waals surface area (Å²) < 4.78 is 27.2. The first-order valence-electron chi connectivity index (χ1n) is 5.26. The molecule has 0 radical (unpaired) electrons. The summed E-state index contributed by atoms with van der Waals surface area (Å²) in [6.45, 7) is 3.97. The van der Waals surface area contributed by atoms with Crippen molar-refractivity contribution in [1.82, 2.24) is 9.03 Å². The van der Waals surface area contributed by atoms with Gasteiger partial charge in [0.2, 0.25) is 0 Å². The minimum absolute atomic E-state index is 0.0730. The first-order chi connectivity index (χ1) is 6.99. The van der Waals surface area contributed by atoms with Gasteiger partial charge in [0.15, 0.2) is 0 Å². The average Bonchev–Trinajstić information content (AvgIpc) is 2.17. The van der Waals surface area contributed by atoms with Crippen LogP contribution in [0, 0.1) is 0 Å². The van der Waals surface area contributed by atoms with Crippen LogP contribution < -0.4 is 4.72 Å². The van der Waals surface area contributed by atoms with Crippen molar-refractivity contribution in [3.8, 4) is 0 Å². The van der Waals surface area contributed by atoms with Gasteiger partial charge in [0.1, 0.15) is 5.78 Å². The Morgan fingerprint density at radius 1 is 1.47 bits per heavy atom. The van der Waals surface area contributed by atoms with E-state index >= 15 is 0 Å². The van der Waals surface area contributed by atoms with Gasteiger partial charge in [-0.2, -0.15) is 12.7 Å². The standard InChI is InChI=1S/C9H18N2O3S/c1-3-10-15(13,14)11-7-5-4-6-9(11)8(2)12/h9-10H,3-7H2,1-2H3. The van der Waals surface area contributed by atoms with Gasteiger partial charge in [-0.25, -0.2) is 4.72 Å². The van der Waals surface area contributed by atoms with Gasteiger partial charge in [-0.3, -0.25) is 4.79 Å². The summed E-state index contributed by atoms with van der Waals surface area (Å²) in [7, 11) is -3.47. The molecule has 0 aromatic rings. The summed E-state index contributed by atoms with van der Waals surface area (Å²) in [4.78, 5) is 11.3. The Labute approximate surface area is 91.0 Å². The molecule has 0 aliphatic carbocycles. The van der Waals surface area contributed by atoms with Crippen molar-refractivity contribution in [3.05, 3.63) is 0 Å². The third-order valence-corrected chi connectivity index (χ3v) is 4.27. The summed E-state index contributed by atoms with van der Waals surface area (Å²) in [5, 5.41) is 0. The molecule has 15 heavy (non-hydrogen) atoms. The molecule has 1 N–H and O–H groups in total. The van der Waals surface area contributed by atoms with Crippen molar-refractivity contribution >= 4 is 16.0 Å². The van der Waals surface area contributed by atoms with Crippen LogP contribution in [0.3, 0.4) is 0 Å². The van der Waals surface area contributed by atoms with Crippen molar-refractivity contribution < 1.29 is 13.2 Å². The van der Waals surface area contributed by atoms with Gasteiger partial charge in [-0.15, -0.1) is 0 Å². The van der Waals surface area contributed by atoms with E-state index in [4.69, 9.17) is 0 Å². The largest absolute Gasteiger partial charge is 0.298 e. The van der Waals surface area contributed by atoms with Crippen LogP contribution in [0.1, 0.15) is 33.1 Å². The second-order valence-electron chi connectivity index (χ2n) is 3.74. The normalized spacial score (nSPS) is 24.0. The molecule has 0 aromatic carbocycles. The van der Waals surface area contributed by atoms with Gasteiger partial charge in [0.05, 0.1) is 6.04 Å². The van der Waals surface area contributed by atoms with E-state index in [0.717, 1.165) is 12.8 Å². The highest BCUT2D eigenvalue weighted by Crippen LogP contribution is 2.20. The number of rotatable bonds is 4. The number of nitrogens with one attached hydrogen (secondary N) is 1. The Hall–Kier alpha value is -0.460. The average molecular weight is 234 g/mol. The monoisotopic (exact) mass is 234 g/mol. The molecule has 1 saturated heterocycles.